The predicted octanol–water partition coefficient (Wildman–Crippen LogP) is 1.29. The normalized spacial score (nSPS) is 16.0. The number of pyridine rings is 1. The van der Waals surface area contributed by atoms with Crippen molar-refractivity contribution in [3.8, 4) is 0 Å². The fraction of sp³-hybridized carbons (Fsp3) is 0.417. The second-order valence-corrected chi connectivity index (χ2v) is 4.89. The minimum atomic E-state index is -4.47. The van der Waals surface area contributed by atoms with Crippen LogP contribution >= 0.6 is 0 Å². The Bertz CT molecular complexity index is 651. The Morgan fingerprint density at radius 3 is 2.76 bits per heavy atom. The molecule has 0 unspecified atom stereocenters. The third-order valence-corrected chi connectivity index (χ3v) is 3.34. The average molecular weight is 298 g/mol. The Morgan fingerprint density at radius 1 is 1.24 bits per heavy atom. The summed E-state index contributed by atoms with van der Waals surface area (Å²) in [5, 5.41) is 6.90. The van der Waals surface area contributed by atoms with Crippen LogP contribution in [0.5, 0.6) is 0 Å². The van der Waals surface area contributed by atoms with Crippen molar-refractivity contribution >= 4 is 5.82 Å². The summed E-state index contributed by atoms with van der Waals surface area (Å²) in [5.41, 5.74) is 6.57. The molecule has 6 nitrogen and oxygen atoms in total. The fourth-order valence-electron chi connectivity index (χ4n) is 2.40. The van der Waals surface area contributed by atoms with E-state index in [4.69, 9.17) is 5.73 Å². The lowest BCUT2D eigenvalue weighted by Crippen LogP contribution is -2.34. The smallest absolute Gasteiger partial charge is 0.384 e. The quantitative estimate of drug-likeness (QED) is 0.904. The van der Waals surface area contributed by atoms with Crippen LogP contribution < -0.4 is 5.73 Å². The Balaban J connectivity index is 1.75. The van der Waals surface area contributed by atoms with Crippen molar-refractivity contribution in [1.29, 1.82) is 0 Å². The van der Waals surface area contributed by atoms with E-state index in [1.807, 2.05) is 11.0 Å². The predicted molar refractivity (Wildman–Crippen MR) is 67.8 cm³/mol. The number of rotatable bonds is 2. The largest absolute Gasteiger partial charge is 0.451 e. The zero-order chi connectivity index (χ0) is 15.0. The molecule has 0 amide bonds. The lowest BCUT2D eigenvalue weighted by Gasteiger charge is -2.27. The third kappa shape index (κ3) is 2.82. The molecule has 21 heavy (non-hydrogen) atoms. The molecule has 0 aliphatic carbocycles. The van der Waals surface area contributed by atoms with Crippen LogP contribution in [0.3, 0.4) is 0 Å². The zero-order valence-electron chi connectivity index (χ0n) is 11.0. The van der Waals surface area contributed by atoms with Gasteiger partial charge in [0.2, 0.25) is 5.82 Å². The number of alkyl halides is 3. The molecule has 0 atom stereocenters. The van der Waals surface area contributed by atoms with E-state index < -0.39 is 12.0 Å². The van der Waals surface area contributed by atoms with Gasteiger partial charge in [-0.2, -0.15) is 13.2 Å². The Morgan fingerprint density at radius 2 is 2.05 bits per heavy atom. The molecule has 0 saturated carbocycles. The summed E-state index contributed by atoms with van der Waals surface area (Å²) in [6, 6.07) is 3.58. The van der Waals surface area contributed by atoms with Gasteiger partial charge in [0, 0.05) is 25.8 Å². The number of aromatic nitrogens is 4. The molecule has 2 N–H and O–H groups in total. The first-order valence-corrected chi connectivity index (χ1v) is 6.35. The molecule has 0 bridgehead atoms. The van der Waals surface area contributed by atoms with Crippen LogP contribution in [0.25, 0.3) is 0 Å². The van der Waals surface area contributed by atoms with E-state index in [1.54, 1.807) is 12.3 Å². The summed E-state index contributed by atoms with van der Waals surface area (Å²) in [7, 11) is 0. The fourth-order valence-corrected chi connectivity index (χ4v) is 2.40. The van der Waals surface area contributed by atoms with Gasteiger partial charge in [-0.05, 0) is 17.7 Å². The van der Waals surface area contributed by atoms with Crippen molar-refractivity contribution in [1.82, 2.24) is 24.6 Å². The van der Waals surface area contributed by atoms with Crippen molar-refractivity contribution in [2.24, 2.45) is 0 Å². The highest BCUT2D eigenvalue weighted by atomic mass is 19.4. The van der Waals surface area contributed by atoms with Crippen LogP contribution in [-0.4, -0.2) is 31.2 Å². The number of halogens is 3. The van der Waals surface area contributed by atoms with E-state index in [1.165, 1.54) is 0 Å². The second-order valence-electron chi connectivity index (χ2n) is 4.89. The maximum Gasteiger partial charge on any atom is 0.451 e. The third-order valence-electron chi connectivity index (χ3n) is 3.34. The van der Waals surface area contributed by atoms with Gasteiger partial charge in [0.25, 0.3) is 0 Å². The maximum absolute atomic E-state index is 12.7. The maximum atomic E-state index is 12.7. The molecule has 2 aromatic heterocycles. The standard InChI is InChI=1S/C12H13F3N6/c13-12(14,15)11-19-18-10-7-20(3-4-21(10)11)6-8-1-2-17-9(16)5-8/h1-2,5H,3-4,6-7H2,(H2,16,17). The van der Waals surface area contributed by atoms with E-state index >= 15 is 0 Å². The highest BCUT2D eigenvalue weighted by molar-refractivity contribution is 5.31. The lowest BCUT2D eigenvalue weighted by molar-refractivity contribution is -0.148. The summed E-state index contributed by atoms with van der Waals surface area (Å²) < 4.78 is 39.4. The van der Waals surface area contributed by atoms with Gasteiger partial charge in [-0.1, -0.05) is 0 Å². The minimum Gasteiger partial charge on any atom is -0.384 e. The first-order valence-electron chi connectivity index (χ1n) is 6.35. The number of anilines is 1. The molecular formula is C12H13F3N6. The molecule has 3 heterocycles. The van der Waals surface area contributed by atoms with Crippen LogP contribution in [-0.2, 0) is 25.8 Å². The summed E-state index contributed by atoms with van der Waals surface area (Å²) in [4.78, 5) is 5.91. The molecule has 112 valence electrons. The van der Waals surface area contributed by atoms with Crippen molar-refractivity contribution in [2.45, 2.75) is 25.8 Å². The van der Waals surface area contributed by atoms with E-state index in [2.05, 4.69) is 15.2 Å². The first kappa shape index (κ1) is 13.8. The van der Waals surface area contributed by atoms with E-state index in [0.717, 1.165) is 10.1 Å². The van der Waals surface area contributed by atoms with Crippen LogP contribution in [0.2, 0.25) is 0 Å². The molecule has 3 rings (SSSR count). The number of hydrogen-bond acceptors (Lipinski definition) is 5. The first-order chi connectivity index (χ1) is 9.93. The van der Waals surface area contributed by atoms with Gasteiger partial charge in [0.05, 0.1) is 6.54 Å². The molecular weight excluding hydrogens is 285 g/mol. The lowest BCUT2D eigenvalue weighted by atomic mass is 10.2. The van der Waals surface area contributed by atoms with Crippen LogP contribution in [0.4, 0.5) is 19.0 Å². The summed E-state index contributed by atoms with van der Waals surface area (Å²) in [5.74, 6) is -0.173. The molecule has 1 aliphatic heterocycles. The second kappa shape index (κ2) is 4.99. The Labute approximate surface area is 118 Å². The summed E-state index contributed by atoms with van der Waals surface area (Å²) >= 11 is 0. The molecule has 0 saturated heterocycles. The minimum absolute atomic E-state index is 0.220. The molecule has 2 aromatic rings. The molecule has 9 heteroatoms. The molecule has 1 aliphatic rings. The van der Waals surface area contributed by atoms with Crippen LogP contribution in [0.1, 0.15) is 17.2 Å². The molecule has 0 fully saturated rings. The number of hydrogen-bond donors (Lipinski definition) is 1. The number of nitrogens with two attached hydrogens (primary N) is 1. The van der Waals surface area contributed by atoms with Gasteiger partial charge >= 0.3 is 6.18 Å². The van der Waals surface area contributed by atoms with Gasteiger partial charge in [0.15, 0.2) is 0 Å². The van der Waals surface area contributed by atoms with E-state index in [-0.39, 0.29) is 6.54 Å². The molecule has 0 spiro atoms. The highest BCUT2D eigenvalue weighted by Gasteiger charge is 2.39. The SMILES string of the molecule is Nc1cc(CN2CCn3c(nnc3C(F)(F)F)C2)ccn1. The van der Waals surface area contributed by atoms with Gasteiger partial charge in [-0.15, -0.1) is 10.2 Å². The number of fused-ring (bicyclic) bond motifs is 1. The highest BCUT2D eigenvalue weighted by Crippen LogP contribution is 2.29. The summed E-state index contributed by atoms with van der Waals surface area (Å²) in [6.45, 7) is 1.63. The van der Waals surface area contributed by atoms with Gasteiger partial charge < -0.3 is 10.3 Å². The average Bonchev–Trinajstić information content (AvgIpc) is 2.81. The Kier molecular flexibility index (Phi) is 3.28. The monoisotopic (exact) mass is 298 g/mol. The molecule has 0 radical (unpaired) electrons. The number of nitrogen functional groups attached to an aromatic ring is 1. The van der Waals surface area contributed by atoms with E-state index in [9.17, 15) is 13.2 Å². The van der Waals surface area contributed by atoms with Gasteiger partial charge in [0.1, 0.15) is 11.6 Å². The van der Waals surface area contributed by atoms with Crippen molar-refractivity contribution in [3.63, 3.8) is 0 Å². The van der Waals surface area contributed by atoms with Crippen molar-refractivity contribution in [3.05, 3.63) is 35.5 Å². The molecule has 0 aromatic carbocycles. The van der Waals surface area contributed by atoms with Crippen LogP contribution in [0.15, 0.2) is 18.3 Å². The number of nitrogens with zero attached hydrogens (tertiary/aromatic N) is 5. The van der Waals surface area contributed by atoms with Gasteiger partial charge in [-0.3, -0.25) is 4.90 Å². The van der Waals surface area contributed by atoms with Crippen molar-refractivity contribution in [2.75, 3.05) is 12.3 Å². The topological polar surface area (TPSA) is 72.9 Å². The summed E-state index contributed by atoms with van der Waals surface area (Å²) in [6.07, 6.45) is -2.86. The van der Waals surface area contributed by atoms with Crippen LogP contribution in [0, 0.1) is 0 Å². The van der Waals surface area contributed by atoms with Crippen molar-refractivity contribution < 1.29 is 13.2 Å². The Hall–Kier alpha value is -2.16. The van der Waals surface area contributed by atoms with Gasteiger partial charge in [-0.25, -0.2) is 4.98 Å². The zero-order valence-corrected chi connectivity index (χ0v) is 11.0. The van der Waals surface area contributed by atoms with E-state index in [0.29, 0.717) is 31.3 Å².